The van der Waals surface area contributed by atoms with Crippen LogP contribution in [-0.2, 0) is 14.4 Å². The molecule has 1 aromatic rings. The van der Waals surface area contributed by atoms with Gasteiger partial charge in [0.1, 0.15) is 17.9 Å². The van der Waals surface area contributed by atoms with Crippen molar-refractivity contribution in [2.24, 2.45) is 5.92 Å². The monoisotopic (exact) mass is 404 g/mol. The molecular formula is C20H25FN4O4. The zero-order valence-electron chi connectivity index (χ0n) is 16.5. The molecule has 0 radical (unpaired) electrons. The van der Waals surface area contributed by atoms with Crippen LogP contribution >= 0.6 is 0 Å². The Labute approximate surface area is 168 Å². The number of carbonyl (C=O) groups excluding carboxylic acids is 4. The van der Waals surface area contributed by atoms with Crippen LogP contribution in [0.4, 0.5) is 14.9 Å². The van der Waals surface area contributed by atoms with Crippen LogP contribution in [-0.4, -0.2) is 59.2 Å². The first-order valence-corrected chi connectivity index (χ1v) is 9.66. The molecule has 1 heterocycles. The molecule has 1 aliphatic carbocycles. The summed E-state index contributed by atoms with van der Waals surface area (Å²) in [4.78, 5) is 52.0. The van der Waals surface area contributed by atoms with E-state index in [0.717, 1.165) is 29.1 Å². The normalized spacial score (nSPS) is 23.8. The molecule has 29 heavy (non-hydrogen) atoms. The topological polar surface area (TPSA) is 98.8 Å². The van der Waals surface area contributed by atoms with Crippen molar-refractivity contribution in [3.63, 3.8) is 0 Å². The van der Waals surface area contributed by atoms with E-state index in [1.54, 1.807) is 0 Å². The fourth-order valence-corrected chi connectivity index (χ4v) is 3.93. The first-order chi connectivity index (χ1) is 13.7. The van der Waals surface area contributed by atoms with Crippen molar-refractivity contribution in [1.29, 1.82) is 0 Å². The summed E-state index contributed by atoms with van der Waals surface area (Å²) in [5.74, 6) is -1.78. The Morgan fingerprint density at radius 3 is 2.62 bits per heavy atom. The molecule has 5 amide bonds. The molecule has 1 aromatic carbocycles. The van der Waals surface area contributed by atoms with Gasteiger partial charge in [0, 0.05) is 12.7 Å². The maximum atomic E-state index is 12.9. The van der Waals surface area contributed by atoms with E-state index in [9.17, 15) is 23.6 Å². The summed E-state index contributed by atoms with van der Waals surface area (Å²) in [6, 6.07) is 4.68. The van der Waals surface area contributed by atoms with Crippen molar-refractivity contribution in [2.75, 3.05) is 25.5 Å². The smallest absolute Gasteiger partial charge is 0.325 e. The van der Waals surface area contributed by atoms with Crippen LogP contribution < -0.4 is 10.6 Å². The van der Waals surface area contributed by atoms with E-state index in [2.05, 4.69) is 10.6 Å². The molecule has 1 aliphatic heterocycles. The van der Waals surface area contributed by atoms with Crippen molar-refractivity contribution < 1.29 is 23.6 Å². The molecular weight excluding hydrogens is 379 g/mol. The number of urea groups is 1. The van der Waals surface area contributed by atoms with Gasteiger partial charge in [-0.05, 0) is 43.0 Å². The van der Waals surface area contributed by atoms with Gasteiger partial charge in [0.2, 0.25) is 11.8 Å². The Hall–Kier alpha value is -2.97. The van der Waals surface area contributed by atoms with Gasteiger partial charge >= 0.3 is 6.03 Å². The van der Waals surface area contributed by atoms with E-state index in [1.807, 2.05) is 6.92 Å². The minimum absolute atomic E-state index is 0.00650. The number of likely N-dealkylation sites (N-methyl/N-ethyl adjacent to an activating group) is 1. The van der Waals surface area contributed by atoms with Gasteiger partial charge < -0.3 is 15.5 Å². The number of nitrogens with zero attached hydrogens (tertiary/aromatic N) is 2. The Morgan fingerprint density at radius 2 is 1.97 bits per heavy atom. The van der Waals surface area contributed by atoms with Crippen molar-refractivity contribution in [3.05, 3.63) is 30.1 Å². The molecule has 1 spiro atoms. The lowest BCUT2D eigenvalue weighted by atomic mass is 9.73. The molecule has 2 fully saturated rings. The van der Waals surface area contributed by atoms with Crippen molar-refractivity contribution >= 4 is 29.4 Å². The van der Waals surface area contributed by atoms with Crippen molar-refractivity contribution in [2.45, 2.75) is 38.1 Å². The minimum atomic E-state index is -0.922. The highest BCUT2D eigenvalue weighted by Gasteiger charge is 2.55. The molecule has 3 rings (SSSR count). The van der Waals surface area contributed by atoms with Crippen LogP contribution in [0.5, 0.6) is 0 Å². The summed E-state index contributed by atoms with van der Waals surface area (Å²) in [6.07, 6.45) is 3.27. The van der Waals surface area contributed by atoms with E-state index < -0.39 is 35.7 Å². The highest BCUT2D eigenvalue weighted by molar-refractivity contribution is 6.09. The number of amides is 5. The van der Waals surface area contributed by atoms with Gasteiger partial charge in [0.25, 0.3) is 5.91 Å². The molecule has 2 atom stereocenters. The standard InChI is InChI=1S/C20H25FN4O4/c1-13-5-3-4-10-20(13)18(28)25(19(29)23-20)12-17(27)24(2)11-16(26)22-15-8-6-14(21)7-9-15/h6-9,13H,3-5,10-12H2,1-2H3,(H,22,26)(H,23,29)/t13-,20-/m1/s1. The zero-order chi connectivity index (χ0) is 21.2. The largest absolute Gasteiger partial charge is 0.335 e. The highest BCUT2D eigenvalue weighted by Crippen LogP contribution is 2.38. The Morgan fingerprint density at radius 1 is 1.28 bits per heavy atom. The van der Waals surface area contributed by atoms with Crippen molar-refractivity contribution in [1.82, 2.24) is 15.1 Å². The molecule has 0 unspecified atom stereocenters. The Balaban J connectivity index is 1.57. The lowest BCUT2D eigenvalue weighted by Gasteiger charge is -2.36. The lowest BCUT2D eigenvalue weighted by Crippen LogP contribution is -2.54. The fourth-order valence-electron chi connectivity index (χ4n) is 3.93. The number of nitrogens with one attached hydrogen (secondary N) is 2. The number of hydrogen-bond donors (Lipinski definition) is 2. The third kappa shape index (κ3) is 4.23. The lowest BCUT2D eigenvalue weighted by molar-refractivity contribution is -0.140. The van der Waals surface area contributed by atoms with Crippen LogP contribution in [0, 0.1) is 11.7 Å². The molecule has 1 saturated heterocycles. The molecule has 2 aliphatic rings. The summed E-state index contributed by atoms with van der Waals surface area (Å²) >= 11 is 0. The second-order valence-corrected chi connectivity index (χ2v) is 7.74. The molecule has 156 valence electrons. The van der Waals surface area contributed by atoms with Gasteiger partial charge in [-0.2, -0.15) is 0 Å². The van der Waals surface area contributed by atoms with Gasteiger partial charge in [-0.25, -0.2) is 9.18 Å². The van der Waals surface area contributed by atoms with Gasteiger partial charge in [0.15, 0.2) is 0 Å². The van der Waals surface area contributed by atoms with Crippen LogP contribution in [0.3, 0.4) is 0 Å². The molecule has 2 N–H and O–H groups in total. The van der Waals surface area contributed by atoms with Crippen LogP contribution in [0.15, 0.2) is 24.3 Å². The predicted molar refractivity (Wildman–Crippen MR) is 103 cm³/mol. The second kappa shape index (κ2) is 8.18. The average Bonchev–Trinajstić information content (AvgIpc) is 2.91. The molecule has 0 bridgehead atoms. The maximum absolute atomic E-state index is 12.9. The van der Waals surface area contributed by atoms with E-state index in [0.29, 0.717) is 12.1 Å². The molecule has 9 heteroatoms. The molecule has 1 saturated carbocycles. The molecule has 0 aromatic heterocycles. The van der Waals surface area contributed by atoms with Crippen LogP contribution in [0.1, 0.15) is 32.6 Å². The van der Waals surface area contributed by atoms with Gasteiger partial charge in [-0.3, -0.25) is 19.3 Å². The number of halogens is 1. The summed E-state index contributed by atoms with van der Waals surface area (Å²) in [5.41, 5.74) is -0.520. The van der Waals surface area contributed by atoms with E-state index in [1.165, 1.54) is 31.3 Å². The molecule has 8 nitrogen and oxygen atoms in total. The Kier molecular flexibility index (Phi) is 5.86. The third-order valence-electron chi connectivity index (χ3n) is 5.73. The number of imide groups is 1. The third-order valence-corrected chi connectivity index (χ3v) is 5.73. The first-order valence-electron chi connectivity index (χ1n) is 9.66. The number of anilines is 1. The number of benzene rings is 1. The van der Waals surface area contributed by atoms with E-state index in [4.69, 9.17) is 0 Å². The summed E-state index contributed by atoms with van der Waals surface area (Å²) < 4.78 is 12.9. The summed E-state index contributed by atoms with van der Waals surface area (Å²) in [5, 5.41) is 5.36. The first kappa shape index (κ1) is 20.8. The summed E-state index contributed by atoms with van der Waals surface area (Å²) in [6.45, 7) is 1.26. The zero-order valence-corrected chi connectivity index (χ0v) is 16.5. The fraction of sp³-hybridized carbons (Fsp3) is 0.500. The van der Waals surface area contributed by atoms with Gasteiger partial charge in [0.05, 0.1) is 6.54 Å². The number of rotatable bonds is 5. The van der Waals surface area contributed by atoms with Crippen molar-refractivity contribution in [3.8, 4) is 0 Å². The van der Waals surface area contributed by atoms with Crippen LogP contribution in [0.2, 0.25) is 0 Å². The van der Waals surface area contributed by atoms with E-state index in [-0.39, 0.29) is 18.4 Å². The number of carbonyl (C=O) groups is 4. The van der Waals surface area contributed by atoms with E-state index >= 15 is 0 Å². The summed E-state index contributed by atoms with van der Waals surface area (Å²) in [7, 11) is 1.42. The quantitative estimate of drug-likeness (QED) is 0.730. The van der Waals surface area contributed by atoms with Crippen LogP contribution in [0.25, 0.3) is 0 Å². The van der Waals surface area contributed by atoms with Gasteiger partial charge in [-0.15, -0.1) is 0 Å². The second-order valence-electron chi connectivity index (χ2n) is 7.74. The predicted octanol–water partition coefficient (Wildman–Crippen LogP) is 1.72. The minimum Gasteiger partial charge on any atom is -0.335 e. The number of hydrogen-bond acceptors (Lipinski definition) is 4. The Bertz CT molecular complexity index is 828. The maximum Gasteiger partial charge on any atom is 0.325 e. The van der Waals surface area contributed by atoms with Gasteiger partial charge in [-0.1, -0.05) is 19.8 Å². The average molecular weight is 404 g/mol. The SMILES string of the molecule is C[C@@H]1CCCC[C@@]12NC(=O)N(CC(=O)N(C)CC(=O)Nc1ccc(F)cc1)C2=O. The highest BCUT2D eigenvalue weighted by atomic mass is 19.1.